The van der Waals surface area contributed by atoms with Gasteiger partial charge in [-0.15, -0.1) is 0 Å². The second-order valence-corrected chi connectivity index (χ2v) is 4.44. The van der Waals surface area contributed by atoms with Crippen LogP contribution in [0.5, 0.6) is 5.75 Å². The molecule has 0 spiro atoms. The summed E-state index contributed by atoms with van der Waals surface area (Å²) in [5, 5.41) is 0. The lowest BCUT2D eigenvalue weighted by Crippen LogP contribution is -2.27. The number of nitrogens with two attached hydrogens (primary N) is 1. The van der Waals surface area contributed by atoms with E-state index in [9.17, 15) is 4.79 Å². The second kappa shape index (κ2) is 6.06. The van der Waals surface area contributed by atoms with Crippen molar-refractivity contribution in [2.45, 2.75) is 6.54 Å². The zero-order chi connectivity index (χ0) is 14.5. The van der Waals surface area contributed by atoms with Gasteiger partial charge in [0.2, 0.25) is 0 Å². The number of rotatable bonds is 4. The van der Waals surface area contributed by atoms with Crippen LogP contribution < -0.4 is 10.5 Å². The number of ether oxygens (including phenoxy) is 1. The highest BCUT2D eigenvalue weighted by atomic mass is 16.5. The largest absolute Gasteiger partial charge is 0.495 e. The van der Waals surface area contributed by atoms with E-state index < -0.39 is 0 Å². The Morgan fingerprint density at radius 1 is 1.30 bits per heavy atom. The standard InChI is InChI=1S/C15H17N3O2/c1-18(10-11-6-8-17-9-7-11)15(19)12-4-3-5-13(20-2)14(12)16/h3-9H,10,16H2,1-2H3. The van der Waals surface area contributed by atoms with Crippen molar-refractivity contribution in [3.8, 4) is 5.75 Å². The Hall–Kier alpha value is -2.56. The molecule has 0 aliphatic heterocycles. The Morgan fingerprint density at radius 3 is 2.65 bits per heavy atom. The van der Waals surface area contributed by atoms with Gasteiger partial charge in [-0.1, -0.05) is 6.07 Å². The van der Waals surface area contributed by atoms with Crippen LogP contribution in [0.1, 0.15) is 15.9 Å². The molecule has 1 heterocycles. The van der Waals surface area contributed by atoms with E-state index in [1.165, 1.54) is 7.11 Å². The van der Waals surface area contributed by atoms with E-state index in [1.807, 2.05) is 12.1 Å². The zero-order valence-corrected chi connectivity index (χ0v) is 11.5. The summed E-state index contributed by atoms with van der Waals surface area (Å²) in [5.41, 5.74) is 7.76. The van der Waals surface area contributed by atoms with Gasteiger partial charge in [0.05, 0.1) is 18.4 Å². The summed E-state index contributed by atoms with van der Waals surface area (Å²) in [4.78, 5) is 18.0. The highest BCUT2D eigenvalue weighted by Crippen LogP contribution is 2.25. The number of anilines is 1. The molecule has 5 nitrogen and oxygen atoms in total. The van der Waals surface area contributed by atoms with Crippen molar-refractivity contribution >= 4 is 11.6 Å². The maximum atomic E-state index is 12.4. The molecule has 0 fully saturated rings. The molecular formula is C15H17N3O2. The van der Waals surface area contributed by atoms with Crippen molar-refractivity contribution in [1.82, 2.24) is 9.88 Å². The van der Waals surface area contributed by atoms with E-state index in [2.05, 4.69) is 4.98 Å². The maximum Gasteiger partial charge on any atom is 0.256 e. The first kappa shape index (κ1) is 13.9. The monoisotopic (exact) mass is 271 g/mol. The van der Waals surface area contributed by atoms with Crippen molar-refractivity contribution in [3.05, 3.63) is 53.9 Å². The average molecular weight is 271 g/mol. The van der Waals surface area contributed by atoms with Crippen LogP contribution in [0, 0.1) is 0 Å². The third kappa shape index (κ3) is 2.88. The first-order valence-corrected chi connectivity index (χ1v) is 6.20. The zero-order valence-electron chi connectivity index (χ0n) is 11.5. The van der Waals surface area contributed by atoms with Crippen LogP contribution in [0.15, 0.2) is 42.7 Å². The highest BCUT2D eigenvalue weighted by Gasteiger charge is 2.17. The number of aromatic nitrogens is 1. The van der Waals surface area contributed by atoms with Crippen molar-refractivity contribution < 1.29 is 9.53 Å². The van der Waals surface area contributed by atoms with Gasteiger partial charge in [0.15, 0.2) is 0 Å². The number of para-hydroxylation sites is 1. The smallest absolute Gasteiger partial charge is 0.256 e. The molecule has 20 heavy (non-hydrogen) atoms. The lowest BCUT2D eigenvalue weighted by molar-refractivity contribution is 0.0786. The molecule has 104 valence electrons. The van der Waals surface area contributed by atoms with Crippen LogP contribution in [0.3, 0.4) is 0 Å². The molecule has 0 saturated heterocycles. The summed E-state index contributed by atoms with van der Waals surface area (Å²) < 4.78 is 5.13. The van der Waals surface area contributed by atoms with Gasteiger partial charge in [0, 0.05) is 26.0 Å². The van der Waals surface area contributed by atoms with Crippen LogP contribution in [0.4, 0.5) is 5.69 Å². The number of nitrogen functional groups attached to an aromatic ring is 1. The Kier molecular flexibility index (Phi) is 4.20. The fourth-order valence-corrected chi connectivity index (χ4v) is 1.95. The second-order valence-electron chi connectivity index (χ2n) is 4.44. The molecule has 0 atom stereocenters. The molecule has 5 heteroatoms. The number of amides is 1. The van der Waals surface area contributed by atoms with Crippen LogP contribution in [0.2, 0.25) is 0 Å². The molecule has 0 radical (unpaired) electrons. The summed E-state index contributed by atoms with van der Waals surface area (Å²) in [7, 11) is 3.27. The minimum atomic E-state index is -0.141. The van der Waals surface area contributed by atoms with Crippen LogP contribution >= 0.6 is 0 Å². The molecule has 1 amide bonds. The molecule has 1 aromatic heterocycles. The number of carbonyl (C=O) groups excluding carboxylic acids is 1. The van der Waals surface area contributed by atoms with E-state index in [0.29, 0.717) is 23.5 Å². The fourth-order valence-electron chi connectivity index (χ4n) is 1.95. The van der Waals surface area contributed by atoms with Gasteiger partial charge >= 0.3 is 0 Å². The third-order valence-electron chi connectivity index (χ3n) is 3.03. The van der Waals surface area contributed by atoms with Gasteiger partial charge in [-0.3, -0.25) is 9.78 Å². The van der Waals surface area contributed by atoms with Crippen molar-refractivity contribution in [1.29, 1.82) is 0 Å². The molecule has 0 aliphatic carbocycles. The summed E-state index contributed by atoms with van der Waals surface area (Å²) in [6.07, 6.45) is 3.40. The SMILES string of the molecule is COc1cccc(C(=O)N(C)Cc2ccncc2)c1N. The molecule has 2 rings (SSSR count). The van der Waals surface area contributed by atoms with Gasteiger partial charge in [0.25, 0.3) is 5.91 Å². The van der Waals surface area contributed by atoms with E-state index in [0.717, 1.165) is 5.56 Å². The van der Waals surface area contributed by atoms with Gasteiger partial charge in [-0.05, 0) is 29.8 Å². The average Bonchev–Trinajstić information content (AvgIpc) is 2.48. The van der Waals surface area contributed by atoms with Gasteiger partial charge < -0.3 is 15.4 Å². The third-order valence-corrected chi connectivity index (χ3v) is 3.03. The molecule has 2 aromatic rings. The predicted octanol–water partition coefficient (Wildman–Crippen LogP) is 1.94. The molecule has 1 aromatic carbocycles. The lowest BCUT2D eigenvalue weighted by Gasteiger charge is -2.19. The fraction of sp³-hybridized carbons (Fsp3) is 0.200. The van der Waals surface area contributed by atoms with Crippen LogP contribution in [-0.2, 0) is 6.54 Å². The number of hydrogen-bond donors (Lipinski definition) is 1. The van der Waals surface area contributed by atoms with Crippen molar-refractivity contribution in [2.24, 2.45) is 0 Å². The number of hydrogen-bond acceptors (Lipinski definition) is 4. The Balaban J connectivity index is 2.19. The highest BCUT2D eigenvalue weighted by molar-refractivity contribution is 6.00. The van der Waals surface area contributed by atoms with Crippen molar-refractivity contribution in [3.63, 3.8) is 0 Å². The first-order chi connectivity index (χ1) is 9.63. The first-order valence-electron chi connectivity index (χ1n) is 6.20. The van der Waals surface area contributed by atoms with Crippen LogP contribution in [-0.4, -0.2) is 29.9 Å². The van der Waals surface area contributed by atoms with Crippen molar-refractivity contribution in [2.75, 3.05) is 19.9 Å². The van der Waals surface area contributed by atoms with Gasteiger partial charge in [-0.25, -0.2) is 0 Å². The predicted molar refractivity (Wildman–Crippen MR) is 77.4 cm³/mol. The molecule has 0 bridgehead atoms. The maximum absolute atomic E-state index is 12.4. The normalized spacial score (nSPS) is 10.1. The Labute approximate surface area is 118 Å². The number of nitrogens with zero attached hydrogens (tertiary/aromatic N) is 2. The molecular weight excluding hydrogens is 254 g/mol. The summed E-state index contributed by atoms with van der Waals surface area (Å²) in [5.74, 6) is 0.367. The number of pyridine rings is 1. The lowest BCUT2D eigenvalue weighted by atomic mass is 10.1. The summed E-state index contributed by atoms with van der Waals surface area (Å²) in [6.45, 7) is 0.498. The minimum Gasteiger partial charge on any atom is -0.495 e. The molecule has 0 unspecified atom stereocenters. The van der Waals surface area contributed by atoms with E-state index >= 15 is 0 Å². The number of benzene rings is 1. The van der Waals surface area contributed by atoms with Crippen LogP contribution in [0.25, 0.3) is 0 Å². The van der Waals surface area contributed by atoms with E-state index in [1.54, 1.807) is 42.5 Å². The number of carbonyl (C=O) groups is 1. The molecule has 0 aliphatic rings. The van der Waals surface area contributed by atoms with E-state index in [-0.39, 0.29) is 5.91 Å². The van der Waals surface area contributed by atoms with Gasteiger partial charge in [-0.2, -0.15) is 0 Å². The quantitative estimate of drug-likeness (QED) is 0.863. The summed E-state index contributed by atoms with van der Waals surface area (Å²) in [6, 6.07) is 8.93. The number of methoxy groups -OCH3 is 1. The summed E-state index contributed by atoms with van der Waals surface area (Å²) >= 11 is 0. The molecule has 2 N–H and O–H groups in total. The molecule has 0 saturated carbocycles. The van der Waals surface area contributed by atoms with Gasteiger partial charge in [0.1, 0.15) is 5.75 Å². The Morgan fingerprint density at radius 2 is 2.00 bits per heavy atom. The van der Waals surface area contributed by atoms with E-state index in [4.69, 9.17) is 10.5 Å². The Bertz CT molecular complexity index is 599. The minimum absolute atomic E-state index is 0.141. The topological polar surface area (TPSA) is 68.5 Å².